The second-order valence-electron chi connectivity index (χ2n) is 8.38. The lowest BCUT2D eigenvalue weighted by Crippen LogP contribution is -2.33. The van der Waals surface area contributed by atoms with Crippen LogP contribution in [-0.2, 0) is 11.3 Å². The van der Waals surface area contributed by atoms with Crippen molar-refractivity contribution in [2.75, 3.05) is 13.2 Å². The van der Waals surface area contributed by atoms with Gasteiger partial charge in [0.1, 0.15) is 17.8 Å². The Bertz CT molecular complexity index is 1500. The molecular weight excluding hydrogens is 450 g/mol. The summed E-state index contributed by atoms with van der Waals surface area (Å²) in [6.45, 7) is 4.12. The Kier molecular flexibility index (Phi) is 5.86. The minimum absolute atomic E-state index is 0.220. The molecule has 1 unspecified atom stereocenters. The molecule has 0 spiro atoms. The Morgan fingerprint density at radius 1 is 1.00 bits per heavy atom. The molecule has 8 nitrogen and oxygen atoms in total. The van der Waals surface area contributed by atoms with E-state index in [1.165, 1.54) is 6.07 Å². The summed E-state index contributed by atoms with van der Waals surface area (Å²) in [5.41, 5.74) is 1.35. The smallest absolute Gasteiger partial charge is 0.351 e. The number of carbonyl (C=O) groups is 2. The van der Waals surface area contributed by atoms with Crippen molar-refractivity contribution in [3.8, 4) is 11.5 Å². The molecule has 0 bridgehead atoms. The number of carbonyl (C=O) groups excluding carboxylic acids is 2. The molecule has 1 atom stereocenters. The molecule has 0 radical (unpaired) electrons. The fourth-order valence-corrected chi connectivity index (χ4v) is 4.21. The number of hydrogen-bond donors (Lipinski definition) is 0. The second kappa shape index (κ2) is 9.13. The molecule has 178 valence electrons. The van der Waals surface area contributed by atoms with Crippen molar-refractivity contribution in [3.05, 3.63) is 93.6 Å². The van der Waals surface area contributed by atoms with Gasteiger partial charge in [0.2, 0.25) is 5.78 Å². The minimum Gasteiger partial charge on any atom is -0.486 e. The van der Waals surface area contributed by atoms with Crippen molar-refractivity contribution in [1.82, 2.24) is 4.57 Å². The lowest BCUT2D eigenvalue weighted by atomic mass is 10.1. The predicted molar refractivity (Wildman–Crippen MR) is 127 cm³/mol. The molecule has 0 N–H and O–H groups in total. The van der Waals surface area contributed by atoms with Crippen LogP contribution in [0.1, 0.15) is 32.1 Å². The number of benzene rings is 2. The van der Waals surface area contributed by atoms with Crippen LogP contribution in [0.5, 0.6) is 11.5 Å². The zero-order valence-corrected chi connectivity index (χ0v) is 19.3. The highest BCUT2D eigenvalue weighted by Crippen LogP contribution is 2.31. The largest absolute Gasteiger partial charge is 0.486 e. The van der Waals surface area contributed by atoms with E-state index in [4.69, 9.17) is 18.6 Å². The van der Waals surface area contributed by atoms with Gasteiger partial charge in [-0.3, -0.25) is 4.79 Å². The molecule has 1 aliphatic rings. The van der Waals surface area contributed by atoms with Gasteiger partial charge >= 0.3 is 11.6 Å². The maximum absolute atomic E-state index is 12.9. The van der Waals surface area contributed by atoms with Crippen LogP contribution in [0.15, 0.2) is 69.9 Å². The number of ketones is 1. The normalized spacial score (nSPS) is 14.6. The van der Waals surface area contributed by atoms with Gasteiger partial charge in [-0.2, -0.15) is 0 Å². The fourth-order valence-electron chi connectivity index (χ4n) is 4.21. The van der Waals surface area contributed by atoms with Gasteiger partial charge < -0.3 is 23.2 Å². The maximum atomic E-state index is 12.9. The molecule has 35 heavy (non-hydrogen) atoms. The van der Waals surface area contributed by atoms with Gasteiger partial charge in [0, 0.05) is 22.3 Å². The van der Waals surface area contributed by atoms with Crippen LogP contribution in [0.3, 0.4) is 0 Å². The highest BCUT2D eigenvalue weighted by Gasteiger charge is 2.25. The standard InChI is InChI=1S/C27H23NO7/c1-16-11-20(17(2)28(16)13-19-14-32-24-9-5-6-10-25(24)34-19)22(29)15-33-26(30)21-12-18-7-3-4-8-23(18)35-27(21)31/h3-12,19H,13-15H2,1-2H3. The first-order valence-electron chi connectivity index (χ1n) is 11.2. The number of aromatic nitrogens is 1. The van der Waals surface area contributed by atoms with Crippen LogP contribution in [-0.4, -0.2) is 35.6 Å². The summed E-state index contributed by atoms with van der Waals surface area (Å²) < 4.78 is 24.2. The van der Waals surface area contributed by atoms with E-state index >= 15 is 0 Å². The highest BCUT2D eigenvalue weighted by atomic mass is 16.6. The fraction of sp³-hybridized carbons (Fsp3) is 0.222. The molecule has 3 heterocycles. The monoisotopic (exact) mass is 473 g/mol. The van der Waals surface area contributed by atoms with Gasteiger partial charge in [0.05, 0.1) is 6.54 Å². The number of ether oxygens (including phenoxy) is 3. The summed E-state index contributed by atoms with van der Waals surface area (Å²) in [4.78, 5) is 37.5. The van der Waals surface area contributed by atoms with Crippen molar-refractivity contribution in [2.24, 2.45) is 0 Å². The van der Waals surface area contributed by atoms with E-state index in [0.717, 1.165) is 11.4 Å². The number of hydrogen-bond acceptors (Lipinski definition) is 7. The quantitative estimate of drug-likeness (QED) is 0.236. The zero-order chi connectivity index (χ0) is 24.5. The van der Waals surface area contributed by atoms with E-state index in [1.54, 1.807) is 30.3 Å². The van der Waals surface area contributed by atoms with E-state index in [9.17, 15) is 14.4 Å². The lowest BCUT2D eigenvalue weighted by molar-refractivity contribution is 0.0470. The Morgan fingerprint density at radius 2 is 1.74 bits per heavy atom. The Hall–Kier alpha value is -4.33. The molecule has 0 saturated carbocycles. The lowest BCUT2D eigenvalue weighted by Gasteiger charge is -2.27. The number of fused-ring (bicyclic) bond motifs is 2. The molecule has 2 aromatic heterocycles. The van der Waals surface area contributed by atoms with E-state index in [-0.39, 0.29) is 17.5 Å². The molecule has 2 aromatic carbocycles. The van der Waals surface area contributed by atoms with Crippen LogP contribution >= 0.6 is 0 Å². The van der Waals surface area contributed by atoms with Crippen LogP contribution in [0, 0.1) is 13.8 Å². The number of aryl methyl sites for hydroxylation is 1. The average molecular weight is 473 g/mol. The third kappa shape index (κ3) is 4.42. The molecule has 4 aromatic rings. The Labute approximate surface area is 200 Å². The average Bonchev–Trinajstić information content (AvgIpc) is 3.15. The Balaban J connectivity index is 1.27. The van der Waals surface area contributed by atoms with Gasteiger partial charge in [0.25, 0.3) is 0 Å². The highest BCUT2D eigenvalue weighted by molar-refractivity contribution is 6.00. The molecule has 5 rings (SSSR count). The zero-order valence-electron chi connectivity index (χ0n) is 19.3. The van der Waals surface area contributed by atoms with Crippen molar-refractivity contribution in [1.29, 1.82) is 0 Å². The van der Waals surface area contributed by atoms with Crippen molar-refractivity contribution >= 4 is 22.7 Å². The summed E-state index contributed by atoms with van der Waals surface area (Å²) in [7, 11) is 0. The minimum atomic E-state index is -0.905. The SMILES string of the molecule is Cc1cc(C(=O)COC(=O)c2cc3ccccc3oc2=O)c(C)n1CC1COc2ccccc2O1. The first-order valence-corrected chi connectivity index (χ1v) is 11.2. The van der Waals surface area contributed by atoms with E-state index in [1.807, 2.05) is 42.7 Å². The third-order valence-electron chi connectivity index (χ3n) is 6.02. The molecular formula is C27H23NO7. The van der Waals surface area contributed by atoms with Crippen molar-refractivity contribution in [3.63, 3.8) is 0 Å². The molecule has 0 fully saturated rings. The number of esters is 1. The van der Waals surface area contributed by atoms with E-state index < -0.39 is 18.2 Å². The second-order valence-corrected chi connectivity index (χ2v) is 8.38. The predicted octanol–water partition coefficient (Wildman–Crippen LogP) is 4.09. The van der Waals surface area contributed by atoms with Crippen LogP contribution < -0.4 is 15.1 Å². The topological polar surface area (TPSA) is 97.0 Å². The molecule has 1 aliphatic heterocycles. The number of rotatable bonds is 6. The summed E-state index contributed by atoms with van der Waals surface area (Å²) in [5, 5.41) is 0.588. The number of nitrogens with zero attached hydrogens (tertiary/aromatic N) is 1. The van der Waals surface area contributed by atoms with Gasteiger partial charge in [-0.1, -0.05) is 30.3 Å². The first kappa shape index (κ1) is 22.5. The summed E-state index contributed by atoms with van der Waals surface area (Å²) in [6.07, 6.45) is -0.220. The van der Waals surface area contributed by atoms with Gasteiger partial charge in [-0.05, 0) is 44.2 Å². The van der Waals surface area contributed by atoms with Crippen molar-refractivity contribution < 1.29 is 28.2 Å². The van der Waals surface area contributed by atoms with Gasteiger partial charge in [-0.15, -0.1) is 0 Å². The number of para-hydroxylation sites is 3. The molecule has 0 aliphatic carbocycles. The number of Topliss-reactive ketones (excluding diaryl/α,β-unsaturated/α-hetero) is 1. The first-order chi connectivity index (χ1) is 16.9. The molecule has 0 amide bonds. The third-order valence-corrected chi connectivity index (χ3v) is 6.02. The van der Waals surface area contributed by atoms with E-state index in [0.29, 0.717) is 41.2 Å². The van der Waals surface area contributed by atoms with Gasteiger partial charge in [-0.25, -0.2) is 9.59 Å². The molecule has 8 heteroatoms. The van der Waals surface area contributed by atoms with Crippen LogP contribution in [0.4, 0.5) is 0 Å². The summed E-state index contributed by atoms with van der Waals surface area (Å²) >= 11 is 0. The van der Waals surface area contributed by atoms with Gasteiger partial charge in [0.15, 0.2) is 24.2 Å². The van der Waals surface area contributed by atoms with E-state index in [2.05, 4.69) is 0 Å². The summed E-state index contributed by atoms with van der Waals surface area (Å²) in [5.74, 6) is 0.127. The Morgan fingerprint density at radius 3 is 2.57 bits per heavy atom. The van der Waals surface area contributed by atoms with Crippen molar-refractivity contribution in [2.45, 2.75) is 26.5 Å². The summed E-state index contributed by atoms with van der Waals surface area (Å²) in [6, 6.07) is 17.5. The maximum Gasteiger partial charge on any atom is 0.351 e. The van der Waals surface area contributed by atoms with Crippen LogP contribution in [0.2, 0.25) is 0 Å². The van der Waals surface area contributed by atoms with Crippen LogP contribution in [0.25, 0.3) is 11.0 Å². The molecule has 0 saturated heterocycles.